The largest absolute Gasteiger partial charge is 0.452 e. The monoisotopic (exact) mass is 459 g/mol. The maximum Gasteiger partial charge on any atom is 0.339 e. The summed E-state index contributed by atoms with van der Waals surface area (Å²) in [5.74, 6) is 0.266. The van der Waals surface area contributed by atoms with Crippen LogP contribution in [-0.4, -0.2) is 18.8 Å². The molecular formula is C26H21NO5S. The van der Waals surface area contributed by atoms with Crippen molar-refractivity contribution in [2.45, 2.75) is 25.3 Å². The summed E-state index contributed by atoms with van der Waals surface area (Å²) in [5, 5.41) is 1.02. The Morgan fingerprint density at radius 1 is 1.03 bits per heavy atom. The molecule has 1 aromatic heterocycles. The SMILES string of the molecule is CCn1cc(/C=C2/Oc3cc(OS(=O)(=O)c4ccc(C)cc4)ccc3C2=O)c2ccccc21. The number of para-hydroxylation sites is 1. The Morgan fingerprint density at radius 3 is 2.55 bits per heavy atom. The van der Waals surface area contributed by atoms with E-state index in [1.165, 1.54) is 30.3 Å². The van der Waals surface area contributed by atoms with E-state index in [9.17, 15) is 13.2 Å². The molecule has 0 unspecified atom stereocenters. The topological polar surface area (TPSA) is 74.6 Å². The van der Waals surface area contributed by atoms with E-state index in [0.29, 0.717) is 5.56 Å². The number of aromatic nitrogens is 1. The molecule has 0 amide bonds. The number of ketones is 1. The van der Waals surface area contributed by atoms with Crippen molar-refractivity contribution in [1.29, 1.82) is 0 Å². The van der Waals surface area contributed by atoms with E-state index < -0.39 is 10.1 Å². The van der Waals surface area contributed by atoms with Gasteiger partial charge >= 0.3 is 10.1 Å². The van der Waals surface area contributed by atoms with Gasteiger partial charge in [0, 0.05) is 35.3 Å². The highest BCUT2D eigenvalue weighted by atomic mass is 32.2. The molecule has 0 spiro atoms. The van der Waals surface area contributed by atoms with Gasteiger partial charge in [-0.3, -0.25) is 4.79 Å². The van der Waals surface area contributed by atoms with E-state index in [1.54, 1.807) is 18.2 Å². The third-order valence-electron chi connectivity index (χ3n) is 5.60. The van der Waals surface area contributed by atoms with Crippen LogP contribution < -0.4 is 8.92 Å². The van der Waals surface area contributed by atoms with Crippen molar-refractivity contribution >= 4 is 32.9 Å². The molecule has 1 aliphatic rings. The number of rotatable bonds is 5. The highest BCUT2D eigenvalue weighted by molar-refractivity contribution is 7.87. The average Bonchev–Trinajstić information content (AvgIpc) is 3.31. The number of carbonyl (C=O) groups excluding carboxylic acids is 1. The van der Waals surface area contributed by atoms with Gasteiger partial charge in [0.2, 0.25) is 5.78 Å². The van der Waals surface area contributed by atoms with Crippen molar-refractivity contribution in [2.24, 2.45) is 0 Å². The molecule has 5 rings (SSSR count). The maximum absolute atomic E-state index is 12.9. The number of nitrogens with zero attached hydrogens (tertiary/aromatic N) is 1. The molecule has 0 atom stereocenters. The van der Waals surface area contributed by atoms with Gasteiger partial charge in [-0.2, -0.15) is 8.42 Å². The minimum Gasteiger partial charge on any atom is -0.452 e. The number of carbonyl (C=O) groups is 1. The van der Waals surface area contributed by atoms with Crippen molar-refractivity contribution in [3.05, 3.63) is 95.4 Å². The molecule has 0 saturated carbocycles. The van der Waals surface area contributed by atoms with Gasteiger partial charge in [0.1, 0.15) is 16.4 Å². The lowest BCUT2D eigenvalue weighted by Crippen LogP contribution is -2.09. The number of Topliss-reactive ketones (excluding diaryl/α,β-unsaturated/α-hetero) is 1. The number of fused-ring (bicyclic) bond motifs is 2. The number of hydrogen-bond acceptors (Lipinski definition) is 5. The molecule has 166 valence electrons. The van der Waals surface area contributed by atoms with Gasteiger partial charge in [-0.1, -0.05) is 35.9 Å². The van der Waals surface area contributed by atoms with Gasteiger partial charge in [0.05, 0.1) is 5.56 Å². The predicted molar refractivity (Wildman–Crippen MR) is 126 cm³/mol. The Kier molecular flexibility index (Phi) is 5.06. The summed E-state index contributed by atoms with van der Waals surface area (Å²) >= 11 is 0. The molecule has 3 aromatic carbocycles. The first kappa shape index (κ1) is 21.0. The number of hydrogen-bond donors (Lipinski definition) is 0. The van der Waals surface area contributed by atoms with E-state index in [4.69, 9.17) is 8.92 Å². The minimum absolute atomic E-state index is 0.0542. The average molecular weight is 460 g/mol. The van der Waals surface area contributed by atoms with Crippen molar-refractivity contribution in [3.8, 4) is 11.5 Å². The number of aryl methyl sites for hydroxylation is 2. The molecule has 4 aromatic rings. The van der Waals surface area contributed by atoms with Crippen molar-refractivity contribution < 1.29 is 22.1 Å². The van der Waals surface area contributed by atoms with Gasteiger partial charge in [0.25, 0.3) is 0 Å². The zero-order valence-electron chi connectivity index (χ0n) is 18.1. The fraction of sp³-hybridized carbons (Fsp3) is 0.115. The lowest BCUT2D eigenvalue weighted by Gasteiger charge is -2.08. The molecule has 0 fully saturated rings. The summed E-state index contributed by atoms with van der Waals surface area (Å²) in [7, 11) is -4.01. The van der Waals surface area contributed by atoms with Gasteiger partial charge in [-0.25, -0.2) is 0 Å². The number of benzene rings is 3. The first-order valence-corrected chi connectivity index (χ1v) is 11.9. The fourth-order valence-corrected chi connectivity index (χ4v) is 4.81. The number of allylic oxidation sites excluding steroid dienone is 1. The van der Waals surface area contributed by atoms with Gasteiger partial charge in [-0.05, 0) is 50.3 Å². The molecule has 0 bridgehead atoms. The molecule has 0 aliphatic carbocycles. The van der Waals surface area contributed by atoms with Crippen molar-refractivity contribution in [3.63, 3.8) is 0 Å². The Morgan fingerprint density at radius 2 is 1.79 bits per heavy atom. The lowest BCUT2D eigenvalue weighted by molar-refractivity contribution is 0.101. The third-order valence-corrected chi connectivity index (χ3v) is 6.87. The molecule has 7 heteroatoms. The second-order valence-corrected chi connectivity index (χ2v) is 9.38. The molecule has 1 aliphatic heterocycles. The van der Waals surface area contributed by atoms with Crippen LogP contribution in [0.1, 0.15) is 28.4 Å². The van der Waals surface area contributed by atoms with Crippen LogP contribution in [0.2, 0.25) is 0 Å². The van der Waals surface area contributed by atoms with Crippen LogP contribution in [0, 0.1) is 6.92 Å². The highest BCUT2D eigenvalue weighted by Gasteiger charge is 2.29. The predicted octanol–water partition coefficient (Wildman–Crippen LogP) is 5.35. The second kappa shape index (κ2) is 7.94. The normalized spacial score (nSPS) is 14.5. The minimum atomic E-state index is -4.01. The summed E-state index contributed by atoms with van der Waals surface area (Å²) in [4.78, 5) is 13.0. The quantitative estimate of drug-likeness (QED) is 0.297. The number of ether oxygens (including phenoxy) is 1. The van der Waals surface area contributed by atoms with Crippen LogP contribution in [0.4, 0.5) is 0 Å². The highest BCUT2D eigenvalue weighted by Crippen LogP contribution is 2.36. The van der Waals surface area contributed by atoms with Crippen LogP contribution in [0.5, 0.6) is 11.5 Å². The van der Waals surface area contributed by atoms with E-state index in [-0.39, 0.29) is 27.9 Å². The summed E-state index contributed by atoms with van der Waals surface area (Å²) in [6.45, 7) is 4.73. The van der Waals surface area contributed by atoms with E-state index in [2.05, 4.69) is 11.5 Å². The molecule has 6 nitrogen and oxygen atoms in total. The summed E-state index contributed by atoms with van der Waals surface area (Å²) in [5.41, 5.74) is 3.26. The Labute approximate surface area is 191 Å². The summed E-state index contributed by atoms with van der Waals surface area (Å²) in [6.07, 6.45) is 3.71. The second-order valence-electron chi connectivity index (χ2n) is 7.84. The maximum atomic E-state index is 12.9. The first-order chi connectivity index (χ1) is 15.9. The standard InChI is InChI=1S/C26H21NO5S/c1-3-27-16-18(21-6-4-5-7-23(21)27)14-25-26(28)22-13-10-19(15-24(22)31-25)32-33(29,30)20-11-8-17(2)9-12-20/h4-16H,3H2,1-2H3/b25-14+. The first-order valence-electron chi connectivity index (χ1n) is 10.5. The van der Waals surface area contributed by atoms with E-state index in [0.717, 1.165) is 28.6 Å². The van der Waals surface area contributed by atoms with Crippen LogP contribution in [-0.2, 0) is 16.7 Å². The Balaban J connectivity index is 1.45. The smallest absolute Gasteiger partial charge is 0.339 e. The van der Waals surface area contributed by atoms with Crippen LogP contribution >= 0.6 is 0 Å². The van der Waals surface area contributed by atoms with Crippen LogP contribution in [0.15, 0.2) is 83.6 Å². The van der Waals surface area contributed by atoms with E-state index in [1.807, 2.05) is 37.4 Å². The van der Waals surface area contributed by atoms with Gasteiger partial charge in [-0.15, -0.1) is 0 Å². The molecule has 33 heavy (non-hydrogen) atoms. The molecule has 0 radical (unpaired) electrons. The zero-order chi connectivity index (χ0) is 23.2. The van der Waals surface area contributed by atoms with Crippen molar-refractivity contribution in [2.75, 3.05) is 0 Å². The Hall–Kier alpha value is -3.84. The van der Waals surface area contributed by atoms with Gasteiger partial charge < -0.3 is 13.5 Å². The Bertz CT molecular complexity index is 1530. The van der Waals surface area contributed by atoms with Crippen LogP contribution in [0.25, 0.3) is 17.0 Å². The lowest BCUT2D eigenvalue weighted by atomic mass is 10.1. The van der Waals surface area contributed by atoms with Crippen molar-refractivity contribution in [1.82, 2.24) is 4.57 Å². The molecule has 2 heterocycles. The molecular weight excluding hydrogens is 438 g/mol. The van der Waals surface area contributed by atoms with E-state index >= 15 is 0 Å². The molecule has 0 N–H and O–H groups in total. The third kappa shape index (κ3) is 3.81. The zero-order valence-corrected chi connectivity index (χ0v) is 18.9. The summed E-state index contributed by atoms with van der Waals surface area (Å²) in [6, 6.07) is 18.8. The molecule has 0 saturated heterocycles. The fourth-order valence-electron chi connectivity index (χ4n) is 3.89. The summed E-state index contributed by atoms with van der Waals surface area (Å²) < 4.78 is 38.4. The van der Waals surface area contributed by atoms with Gasteiger partial charge in [0.15, 0.2) is 5.76 Å². The van der Waals surface area contributed by atoms with Crippen LogP contribution in [0.3, 0.4) is 0 Å².